The van der Waals surface area contributed by atoms with Gasteiger partial charge < -0.3 is 5.11 Å². The van der Waals surface area contributed by atoms with Crippen molar-refractivity contribution < 1.29 is 14.8 Å². The van der Waals surface area contributed by atoms with E-state index in [0.717, 1.165) is 0 Å². The first-order chi connectivity index (χ1) is 9.38. The molecule has 0 bridgehead atoms. The van der Waals surface area contributed by atoms with Crippen molar-refractivity contribution in [3.63, 3.8) is 0 Å². The second kappa shape index (κ2) is 5.08. The van der Waals surface area contributed by atoms with Gasteiger partial charge in [-0.15, -0.1) is 5.10 Å². The lowest BCUT2D eigenvalue weighted by Crippen LogP contribution is -2.01. The summed E-state index contributed by atoms with van der Waals surface area (Å²) in [6.45, 7) is 3.36. The van der Waals surface area contributed by atoms with Gasteiger partial charge in [-0.05, 0) is 25.5 Å². The number of carboxylic acids is 1. The molecule has 20 heavy (non-hydrogen) atoms. The van der Waals surface area contributed by atoms with E-state index in [0.29, 0.717) is 22.5 Å². The molecule has 1 aromatic carbocycles. The van der Waals surface area contributed by atoms with Crippen molar-refractivity contribution in [1.29, 1.82) is 0 Å². The summed E-state index contributed by atoms with van der Waals surface area (Å²) in [7, 11) is 0. The zero-order chi connectivity index (χ0) is 14.9. The highest BCUT2D eigenvalue weighted by atomic mass is 16.6. The number of benzene rings is 1. The molecule has 0 fully saturated rings. The van der Waals surface area contributed by atoms with Crippen molar-refractivity contribution in [1.82, 2.24) is 15.0 Å². The maximum atomic E-state index is 10.9. The molecule has 2 rings (SSSR count). The zero-order valence-electron chi connectivity index (χ0n) is 10.9. The minimum Gasteiger partial charge on any atom is -0.481 e. The van der Waals surface area contributed by atoms with Crippen molar-refractivity contribution in [2.75, 3.05) is 0 Å². The number of hydrogen-bond donors (Lipinski definition) is 1. The summed E-state index contributed by atoms with van der Waals surface area (Å²) < 4.78 is 1.42. The molecule has 104 valence electrons. The number of nitrogens with zero attached hydrogens (tertiary/aromatic N) is 4. The van der Waals surface area contributed by atoms with E-state index in [-0.39, 0.29) is 12.1 Å². The lowest BCUT2D eigenvalue weighted by molar-refractivity contribution is -0.385. The van der Waals surface area contributed by atoms with Gasteiger partial charge in [0.15, 0.2) is 0 Å². The van der Waals surface area contributed by atoms with E-state index in [2.05, 4.69) is 10.3 Å². The summed E-state index contributed by atoms with van der Waals surface area (Å²) in [4.78, 5) is 21.0. The van der Waals surface area contributed by atoms with Gasteiger partial charge in [-0.3, -0.25) is 14.9 Å². The molecule has 0 saturated heterocycles. The minimum absolute atomic E-state index is 0.0390. The predicted molar refractivity (Wildman–Crippen MR) is 68.8 cm³/mol. The second-order valence-electron chi connectivity index (χ2n) is 4.41. The number of aryl methyl sites for hydroxylation is 2. The van der Waals surface area contributed by atoms with Crippen LogP contribution in [0.5, 0.6) is 0 Å². The Morgan fingerprint density at radius 2 is 2.10 bits per heavy atom. The van der Waals surface area contributed by atoms with E-state index in [1.165, 1.54) is 16.9 Å². The highest BCUT2D eigenvalue weighted by molar-refractivity contribution is 5.69. The number of aromatic nitrogens is 3. The van der Waals surface area contributed by atoms with Crippen LogP contribution in [0.4, 0.5) is 5.69 Å². The van der Waals surface area contributed by atoms with Gasteiger partial charge >= 0.3 is 5.97 Å². The third-order valence-electron chi connectivity index (χ3n) is 2.83. The topological polar surface area (TPSA) is 111 Å². The predicted octanol–water partition coefficient (Wildman–Crippen LogP) is 1.42. The van der Waals surface area contributed by atoms with Crippen LogP contribution in [0.3, 0.4) is 0 Å². The lowest BCUT2D eigenvalue weighted by atomic mass is 10.1. The minimum atomic E-state index is -0.992. The number of hydrogen-bond acceptors (Lipinski definition) is 5. The van der Waals surface area contributed by atoms with Crippen molar-refractivity contribution in [3.05, 3.63) is 45.3 Å². The van der Waals surface area contributed by atoms with Crippen molar-refractivity contribution in [2.45, 2.75) is 20.3 Å². The van der Waals surface area contributed by atoms with Gasteiger partial charge in [-0.2, -0.15) is 0 Å². The van der Waals surface area contributed by atoms with E-state index >= 15 is 0 Å². The van der Waals surface area contributed by atoms with E-state index in [9.17, 15) is 14.9 Å². The molecule has 8 heteroatoms. The van der Waals surface area contributed by atoms with Crippen LogP contribution in [-0.4, -0.2) is 31.0 Å². The maximum Gasteiger partial charge on any atom is 0.309 e. The Bertz CT molecular complexity index is 693. The Labute approximate surface area is 113 Å². The summed E-state index contributed by atoms with van der Waals surface area (Å²) in [5.74, 6) is -0.992. The molecule has 0 saturated carbocycles. The van der Waals surface area contributed by atoms with Gasteiger partial charge in [-0.1, -0.05) is 5.21 Å². The summed E-state index contributed by atoms with van der Waals surface area (Å²) in [5.41, 5.74) is 2.17. The number of rotatable bonds is 4. The third kappa shape index (κ3) is 2.63. The van der Waals surface area contributed by atoms with Crippen LogP contribution in [0, 0.1) is 24.0 Å². The molecule has 1 heterocycles. The third-order valence-corrected chi connectivity index (χ3v) is 2.83. The second-order valence-corrected chi connectivity index (χ2v) is 4.41. The molecule has 0 spiro atoms. The summed E-state index contributed by atoms with van der Waals surface area (Å²) in [6.07, 6.45) is 1.28. The summed E-state index contributed by atoms with van der Waals surface area (Å²) in [5, 5.41) is 27.2. The number of nitro groups is 1. The van der Waals surface area contributed by atoms with Crippen LogP contribution in [0.15, 0.2) is 18.3 Å². The molecule has 0 amide bonds. The SMILES string of the molecule is Cc1cc([N+](=O)[O-])c(C)cc1-n1cc(CC(=O)O)nn1. The van der Waals surface area contributed by atoms with Crippen molar-refractivity contribution >= 4 is 11.7 Å². The summed E-state index contributed by atoms with van der Waals surface area (Å²) in [6, 6.07) is 3.09. The summed E-state index contributed by atoms with van der Waals surface area (Å²) >= 11 is 0. The Kier molecular flexibility index (Phi) is 3.47. The molecule has 8 nitrogen and oxygen atoms in total. The smallest absolute Gasteiger partial charge is 0.309 e. The average Bonchev–Trinajstić information content (AvgIpc) is 2.78. The largest absolute Gasteiger partial charge is 0.481 e. The number of carboxylic acid groups (broad SMARTS) is 1. The van der Waals surface area contributed by atoms with Crippen LogP contribution >= 0.6 is 0 Å². The van der Waals surface area contributed by atoms with Crippen LogP contribution in [-0.2, 0) is 11.2 Å². The fourth-order valence-electron chi connectivity index (χ4n) is 1.88. The standard InChI is InChI=1S/C12H12N4O4/c1-7-4-11(16(19)20)8(2)3-10(7)15-6-9(13-14-15)5-12(17)18/h3-4,6H,5H2,1-2H3,(H,17,18). The lowest BCUT2D eigenvalue weighted by Gasteiger charge is -2.06. The first kappa shape index (κ1) is 13.7. The zero-order valence-corrected chi connectivity index (χ0v) is 10.9. The Hall–Kier alpha value is -2.77. The van der Waals surface area contributed by atoms with Crippen LogP contribution in [0.2, 0.25) is 0 Å². The molecule has 0 atom stereocenters. The normalized spacial score (nSPS) is 10.5. The quantitative estimate of drug-likeness (QED) is 0.667. The number of aliphatic carboxylic acids is 1. The van der Waals surface area contributed by atoms with Gasteiger partial charge in [0.2, 0.25) is 0 Å². The van der Waals surface area contributed by atoms with Gasteiger partial charge in [0.25, 0.3) is 5.69 Å². The van der Waals surface area contributed by atoms with Crippen molar-refractivity contribution in [3.8, 4) is 5.69 Å². The number of carbonyl (C=O) groups is 1. The first-order valence-corrected chi connectivity index (χ1v) is 5.77. The van der Waals surface area contributed by atoms with Crippen LogP contribution in [0.1, 0.15) is 16.8 Å². The molecule has 0 unspecified atom stereocenters. The number of nitro benzene ring substituents is 1. The first-order valence-electron chi connectivity index (χ1n) is 5.77. The van der Waals surface area contributed by atoms with Crippen LogP contribution < -0.4 is 0 Å². The molecule has 1 N–H and O–H groups in total. The average molecular weight is 276 g/mol. The van der Waals surface area contributed by atoms with E-state index in [1.807, 2.05) is 0 Å². The Morgan fingerprint density at radius 1 is 1.40 bits per heavy atom. The van der Waals surface area contributed by atoms with Crippen LogP contribution in [0.25, 0.3) is 5.69 Å². The highest BCUT2D eigenvalue weighted by Crippen LogP contribution is 2.24. The van der Waals surface area contributed by atoms with Crippen molar-refractivity contribution in [2.24, 2.45) is 0 Å². The van der Waals surface area contributed by atoms with E-state index in [4.69, 9.17) is 5.11 Å². The molecular weight excluding hydrogens is 264 g/mol. The van der Waals surface area contributed by atoms with Gasteiger partial charge in [0.1, 0.15) is 0 Å². The highest BCUT2D eigenvalue weighted by Gasteiger charge is 2.15. The van der Waals surface area contributed by atoms with Gasteiger partial charge in [0, 0.05) is 11.6 Å². The monoisotopic (exact) mass is 276 g/mol. The Balaban J connectivity index is 2.43. The Morgan fingerprint density at radius 3 is 2.70 bits per heavy atom. The van der Waals surface area contributed by atoms with E-state index in [1.54, 1.807) is 19.9 Å². The molecule has 0 aliphatic heterocycles. The van der Waals surface area contributed by atoms with Gasteiger partial charge in [-0.25, -0.2) is 4.68 Å². The fraction of sp³-hybridized carbons (Fsp3) is 0.250. The molecule has 2 aromatic rings. The van der Waals surface area contributed by atoms with Gasteiger partial charge in [0.05, 0.1) is 28.9 Å². The molecule has 0 aliphatic rings. The van der Waals surface area contributed by atoms with E-state index < -0.39 is 10.9 Å². The molecule has 0 aliphatic carbocycles. The molecule has 0 radical (unpaired) electrons. The molecule has 1 aromatic heterocycles. The maximum absolute atomic E-state index is 10.9. The fourth-order valence-corrected chi connectivity index (χ4v) is 1.88. The molecular formula is C12H12N4O4.